The maximum atomic E-state index is 3.84. The van der Waals surface area contributed by atoms with Crippen molar-refractivity contribution in [1.29, 1.82) is 0 Å². The molecule has 1 aliphatic heterocycles. The lowest BCUT2D eigenvalue weighted by Gasteiger charge is -2.23. The quantitative estimate of drug-likeness (QED) is 0.755. The van der Waals surface area contributed by atoms with Gasteiger partial charge in [0.05, 0.1) is 0 Å². The van der Waals surface area contributed by atoms with Crippen molar-refractivity contribution in [3.63, 3.8) is 0 Å². The van der Waals surface area contributed by atoms with Crippen LogP contribution in [0.4, 0.5) is 5.69 Å². The van der Waals surface area contributed by atoms with E-state index in [0.29, 0.717) is 5.92 Å². The van der Waals surface area contributed by atoms with Gasteiger partial charge < -0.3 is 5.32 Å². The van der Waals surface area contributed by atoms with E-state index in [1.807, 2.05) is 6.08 Å². The average Bonchev–Trinajstić information content (AvgIpc) is 2.74. The Morgan fingerprint density at radius 1 is 1.47 bits per heavy atom. The van der Waals surface area contributed by atoms with E-state index in [-0.39, 0.29) is 0 Å². The number of anilines is 1. The third-order valence-corrected chi connectivity index (χ3v) is 3.35. The van der Waals surface area contributed by atoms with Crippen LogP contribution in [0.1, 0.15) is 24.8 Å². The van der Waals surface area contributed by atoms with Gasteiger partial charge in [-0.25, -0.2) is 0 Å². The first kappa shape index (κ1) is 12.2. The number of nitrogens with zero attached hydrogens (tertiary/aromatic N) is 1. The fourth-order valence-corrected chi connectivity index (χ4v) is 2.59. The summed E-state index contributed by atoms with van der Waals surface area (Å²) >= 11 is 0. The zero-order valence-electron chi connectivity index (χ0n) is 10.7. The summed E-state index contributed by atoms with van der Waals surface area (Å²) in [6.45, 7) is 10.4. The van der Waals surface area contributed by atoms with Gasteiger partial charge >= 0.3 is 0 Å². The number of hydrogen-bond donors (Lipinski definition) is 1. The van der Waals surface area contributed by atoms with Crippen LogP contribution in [0.2, 0.25) is 0 Å². The lowest BCUT2D eigenvalue weighted by Crippen LogP contribution is -2.30. The van der Waals surface area contributed by atoms with E-state index in [0.717, 1.165) is 26.2 Å². The van der Waals surface area contributed by atoms with Crippen LogP contribution in [-0.4, -0.2) is 31.1 Å². The fourth-order valence-electron chi connectivity index (χ4n) is 2.59. The van der Waals surface area contributed by atoms with Crippen molar-refractivity contribution in [3.8, 4) is 0 Å². The molecule has 0 bridgehead atoms. The SMILES string of the molecule is C=CCN(CCC)CC1CNc2ccccc21. The Balaban J connectivity index is 2.02. The Morgan fingerprint density at radius 2 is 2.29 bits per heavy atom. The second-order valence-corrected chi connectivity index (χ2v) is 4.71. The number of hydrogen-bond acceptors (Lipinski definition) is 2. The van der Waals surface area contributed by atoms with Crippen LogP contribution in [0.15, 0.2) is 36.9 Å². The van der Waals surface area contributed by atoms with Crippen LogP contribution in [0.25, 0.3) is 0 Å². The van der Waals surface area contributed by atoms with Gasteiger partial charge in [-0.1, -0.05) is 31.2 Å². The van der Waals surface area contributed by atoms with E-state index in [2.05, 4.69) is 48.0 Å². The molecule has 1 heterocycles. The molecular weight excluding hydrogens is 208 g/mol. The van der Waals surface area contributed by atoms with Crippen LogP contribution in [0.5, 0.6) is 0 Å². The Labute approximate surface area is 104 Å². The number of nitrogens with one attached hydrogen (secondary N) is 1. The lowest BCUT2D eigenvalue weighted by atomic mass is 10.0. The highest BCUT2D eigenvalue weighted by molar-refractivity contribution is 5.57. The van der Waals surface area contributed by atoms with Gasteiger partial charge in [0.2, 0.25) is 0 Å². The molecule has 0 radical (unpaired) electrons. The van der Waals surface area contributed by atoms with E-state index >= 15 is 0 Å². The molecule has 0 spiro atoms. The molecule has 1 N–H and O–H groups in total. The first-order valence-corrected chi connectivity index (χ1v) is 6.51. The highest BCUT2D eigenvalue weighted by Crippen LogP contribution is 2.31. The topological polar surface area (TPSA) is 15.3 Å². The van der Waals surface area contributed by atoms with E-state index in [4.69, 9.17) is 0 Å². The molecule has 2 heteroatoms. The maximum absolute atomic E-state index is 3.84. The van der Waals surface area contributed by atoms with E-state index in [1.54, 1.807) is 0 Å². The monoisotopic (exact) mass is 230 g/mol. The van der Waals surface area contributed by atoms with E-state index in [9.17, 15) is 0 Å². The molecule has 2 nitrogen and oxygen atoms in total. The molecule has 0 aliphatic carbocycles. The number of para-hydroxylation sites is 1. The minimum atomic E-state index is 0.623. The van der Waals surface area contributed by atoms with Gasteiger partial charge in [-0.3, -0.25) is 4.90 Å². The molecule has 92 valence electrons. The predicted octanol–water partition coefficient (Wildman–Crippen LogP) is 3.09. The number of fused-ring (bicyclic) bond motifs is 1. The van der Waals surface area contributed by atoms with Crippen molar-refractivity contribution in [2.75, 3.05) is 31.5 Å². The predicted molar refractivity (Wildman–Crippen MR) is 74.6 cm³/mol. The van der Waals surface area contributed by atoms with Gasteiger partial charge in [-0.05, 0) is 24.6 Å². The van der Waals surface area contributed by atoms with Gasteiger partial charge in [0.15, 0.2) is 0 Å². The summed E-state index contributed by atoms with van der Waals surface area (Å²) in [7, 11) is 0. The second-order valence-electron chi connectivity index (χ2n) is 4.71. The third kappa shape index (κ3) is 2.89. The average molecular weight is 230 g/mol. The van der Waals surface area contributed by atoms with Crippen LogP contribution in [0.3, 0.4) is 0 Å². The van der Waals surface area contributed by atoms with Crippen molar-refractivity contribution >= 4 is 5.69 Å². The summed E-state index contributed by atoms with van der Waals surface area (Å²) in [5.41, 5.74) is 2.78. The first-order chi connectivity index (χ1) is 8.35. The summed E-state index contributed by atoms with van der Waals surface area (Å²) in [6, 6.07) is 8.66. The zero-order valence-corrected chi connectivity index (χ0v) is 10.7. The normalized spacial score (nSPS) is 17.9. The van der Waals surface area contributed by atoms with Crippen LogP contribution < -0.4 is 5.32 Å². The molecule has 0 amide bonds. The number of rotatable bonds is 6. The molecule has 0 aromatic heterocycles. The highest BCUT2D eigenvalue weighted by Gasteiger charge is 2.23. The smallest absolute Gasteiger partial charge is 0.0376 e. The van der Waals surface area contributed by atoms with E-state index < -0.39 is 0 Å². The summed E-state index contributed by atoms with van der Waals surface area (Å²) in [5.74, 6) is 0.623. The summed E-state index contributed by atoms with van der Waals surface area (Å²) in [6.07, 6.45) is 3.21. The van der Waals surface area contributed by atoms with Gasteiger partial charge in [-0.2, -0.15) is 0 Å². The molecule has 17 heavy (non-hydrogen) atoms. The van der Waals surface area contributed by atoms with Crippen molar-refractivity contribution in [3.05, 3.63) is 42.5 Å². The van der Waals surface area contributed by atoms with Gasteiger partial charge in [-0.15, -0.1) is 6.58 Å². The third-order valence-electron chi connectivity index (χ3n) is 3.35. The Hall–Kier alpha value is -1.28. The lowest BCUT2D eigenvalue weighted by molar-refractivity contribution is 0.288. The van der Waals surface area contributed by atoms with Crippen molar-refractivity contribution in [2.45, 2.75) is 19.3 Å². The minimum Gasteiger partial charge on any atom is -0.384 e. The highest BCUT2D eigenvalue weighted by atomic mass is 15.1. The second kappa shape index (κ2) is 5.87. The minimum absolute atomic E-state index is 0.623. The van der Waals surface area contributed by atoms with E-state index in [1.165, 1.54) is 17.7 Å². The molecule has 1 aliphatic rings. The van der Waals surface area contributed by atoms with Gasteiger partial charge in [0.1, 0.15) is 0 Å². The molecule has 1 aromatic carbocycles. The molecular formula is C15H22N2. The first-order valence-electron chi connectivity index (χ1n) is 6.51. The Bertz CT molecular complexity index is 373. The summed E-state index contributed by atoms with van der Waals surface area (Å²) in [4.78, 5) is 2.49. The van der Waals surface area contributed by atoms with Gasteiger partial charge in [0, 0.05) is 31.2 Å². The summed E-state index contributed by atoms with van der Waals surface area (Å²) < 4.78 is 0. The molecule has 0 fully saturated rings. The van der Waals surface area contributed by atoms with Crippen LogP contribution in [-0.2, 0) is 0 Å². The van der Waals surface area contributed by atoms with Gasteiger partial charge in [0.25, 0.3) is 0 Å². The fraction of sp³-hybridized carbons (Fsp3) is 0.467. The van der Waals surface area contributed by atoms with Crippen LogP contribution in [0, 0.1) is 0 Å². The molecule has 0 saturated heterocycles. The Morgan fingerprint density at radius 3 is 3.06 bits per heavy atom. The number of benzene rings is 1. The molecule has 1 aromatic rings. The molecule has 1 atom stereocenters. The summed E-state index contributed by atoms with van der Waals surface area (Å²) in [5, 5.41) is 3.49. The van der Waals surface area contributed by atoms with Crippen LogP contribution >= 0.6 is 0 Å². The van der Waals surface area contributed by atoms with Crippen molar-refractivity contribution in [1.82, 2.24) is 4.90 Å². The molecule has 0 saturated carbocycles. The standard InChI is InChI=1S/C15H22N2/c1-3-9-17(10-4-2)12-13-11-16-15-8-6-5-7-14(13)15/h3,5-8,13,16H,1,4,9-12H2,2H3. The zero-order chi connectivity index (χ0) is 12.1. The largest absolute Gasteiger partial charge is 0.384 e. The van der Waals surface area contributed by atoms with Crippen molar-refractivity contribution < 1.29 is 0 Å². The Kier molecular flexibility index (Phi) is 4.21. The molecule has 2 rings (SSSR count). The molecule has 1 unspecified atom stereocenters. The van der Waals surface area contributed by atoms with Crippen molar-refractivity contribution in [2.24, 2.45) is 0 Å². The maximum Gasteiger partial charge on any atom is 0.0376 e.